The third-order valence-electron chi connectivity index (χ3n) is 3.58. The predicted octanol–water partition coefficient (Wildman–Crippen LogP) is 0.451. The van der Waals surface area contributed by atoms with Crippen molar-refractivity contribution in [2.75, 3.05) is 13.7 Å². The molecule has 0 spiro atoms. The van der Waals surface area contributed by atoms with E-state index in [2.05, 4.69) is 9.46 Å². The average molecular weight is 313 g/mol. The molecule has 0 amide bonds. The Labute approximate surface area is 124 Å². The highest BCUT2D eigenvalue weighted by atomic mass is 32.2. The third kappa shape index (κ3) is 4.26. The number of hydrogen-bond donors (Lipinski definition) is 2. The molecular formula is C14H19NO5S. The highest BCUT2D eigenvalue weighted by molar-refractivity contribution is 7.89. The summed E-state index contributed by atoms with van der Waals surface area (Å²) in [6.07, 6.45) is 1.10. The van der Waals surface area contributed by atoms with E-state index in [9.17, 15) is 18.3 Å². The second-order valence-corrected chi connectivity index (χ2v) is 7.01. The van der Waals surface area contributed by atoms with Crippen LogP contribution in [-0.4, -0.2) is 39.3 Å². The van der Waals surface area contributed by atoms with Crippen LogP contribution in [0, 0.1) is 5.92 Å². The van der Waals surface area contributed by atoms with Crippen LogP contribution in [0.1, 0.15) is 18.4 Å². The van der Waals surface area contributed by atoms with Crippen LogP contribution >= 0.6 is 0 Å². The molecule has 1 aromatic rings. The number of nitrogens with one attached hydrogen (secondary N) is 1. The summed E-state index contributed by atoms with van der Waals surface area (Å²) >= 11 is 0. The van der Waals surface area contributed by atoms with Gasteiger partial charge in [-0.1, -0.05) is 12.1 Å². The molecule has 7 heteroatoms. The van der Waals surface area contributed by atoms with Crippen LogP contribution in [0.5, 0.6) is 0 Å². The smallest absolute Gasteiger partial charge is 0.309 e. The number of rotatable bonds is 6. The van der Waals surface area contributed by atoms with Gasteiger partial charge in [0, 0.05) is 6.54 Å². The number of aliphatic hydroxyl groups is 1. The van der Waals surface area contributed by atoms with Gasteiger partial charge in [0.15, 0.2) is 0 Å². The van der Waals surface area contributed by atoms with Crippen molar-refractivity contribution in [1.29, 1.82) is 0 Å². The SMILES string of the molecule is COC(=O)Cc1ccc(S(=O)(=O)NCC2CC(O)C2)cc1. The van der Waals surface area contributed by atoms with Crippen molar-refractivity contribution in [3.8, 4) is 0 Å². The number of hydrogen-bond acceptors (Lipinski definition) is 5. The molecule has 0 aliphatic heterocycles. The summed E-state index contributed by atoms with van der Waals surface area (Å²) in [5.41, 5.74) is 0.697. The molecule has 1 aliphatic rings. The molecule has 116 valence electrons. The molecule has 0 bridgehead atoms. The van der Waals surface area contributed by atoms with Gasteiger partial charge in [-0.3, -0.25) is 4.79 Å². The first-order valence-electron chi connectivity index (χ1n) is 6.74. The molecule has 0 unspecified atom stereocenters. The van der Waals surface area contributed by atoms with E-state index in [1.54, 1.807) is 12.1 Å². The molecule has 0 radical (unpaired) electrons. The fourth-order valence-electron chi connectivity index (χ4n) is 2.20. The van der Waals surface area contributed by atoms with E-state index in [0.29, 0.717) is 24.9 Å². The second-order valence-electron chi connectivity index (χ2n) is 5.24. The topological polar surface area (TPSA) is 92.7 Å². The summed E-state index contributed by atoms with van der Waals surface area (Å²) in [7, 11) is -2.24. The van der Waals surface area contributed by atoms with Gasteiger partial charge in [-0.05, 0) is 36.5 Å². The fourth-order valence-corrected chi connectivity index (χ4v) is 3.32. The summed E-state index contributed by atoms with van der Waals surface area (Å²) in [6.45, 7) is 0.337. The highest BCUT2D eigenvalue weighted by Crippen LogP contribution is 2.26. The molecule has 1 saturated carbocycles. The van der Waals surface area contributed by atoms with E-state index in [0.717, 1.165) is 0 Å². The summed E-state index contributed by atoms with van der Waals surface area (Å²) < 4.78 is 31.3. The largest absolute Gasteiger partial charge is 0.469 e. The van der Waals surface area contributed by atoms with Crippen LogP contribution in [0.3, 0.4) is 0 Å². The zero-order valence-electron chi connectivity index (χ0n) is 11.8. The Morgan fingerprint density at radius 3 is 2.48 bits per heavy atom. The van der Waals surface area contributed by atoms with Gasteiger partial charge in [0.25, 0.3) is 0 Å². The Morgan fingerprint density at radius 1 is 1.33 bits per heavy atom. The molecule has 1 fully saturated rings. The minimum atomic E-state index is -3.55. The van der Waals surface area contributed by atoms with Crippen LogP contribution < -0.4 is 4.72 Å². The maximum atomic E-state index is 12.1. The van der Waals surface area contributed by atoms with Crippen LogP contribution in [0.2, 0.25) is 0 Å². The van der Waals surface area contributed by atoms with Crippen molar-refractivity contribution in [3.05, 3.63) is 29.8 Å². The molecule has 1 aliphatic carbocycles. The Bertz CT molecular complexity index is 590. The standard InChI is InChI=1S/C14H19NO5S/c1-20-14(17)8-10-2-4-13(5-3-10)21(18,19)15-9-11-6-12(16)7-11/h2-5,11-12,15-16H,6-9H2,1H3. The highest BCUT2D eigenvalue weighted by Gasteiger charge is 2.28. The van der Waals surface area contributed by atoms with E-state index < -0.39 is 10.0 Å². The van der Waals surface area contributed by atoms with Crippen molar-refractivity contribution in [2.45, 2.75) is 30.3 Å². The first-order chi connectivity index (χ1) is 9.90. The van der Waals surface area contributed by atoms with Crippen LogP contribution in [0.4, 0.5) is 0 Å². The normalized spacial score (nSPS) is 21.6. The van der Waals surface area contributed by atoms with E-state index in [1.165, 1.54) is 19.2 Å². The van der Waals surface area contributed by atoms with Gasteiger partial charge in [-0.25, -0.2) is 13.1 Å². The van der Waals surface area contributed by atoms with E-state index in [1.807, 2.05) is 0 Å². The Morgan fingerprint density at radius 2 is 1.95 bits per heavy atom. The van der Waals surface area contributed by atoms with Crippen molar-refractivity contribution in [1.82, 2.24) is 4.72 Å². The number of esters is 1. The van der Waals surface area contributed by atoms with Gasteiger partial charge in [0.1, 0.15) is 0 Å². The lowest BCUT2D eigenvalue weighted by molar-refractivity contribution is -0.139. The average Bonchev–Trinajstić information content (AvgIpc) is 2.43. The summed E-state index contributed by atoms with van der Waals surface area (Å²) in [4.78, 5) is 11.3. The Balaban J connectivity index is 1.94. The van der Waals surface area contributed by atoms with Crippen LogP contribution in [0.25, 0.3) is 0 Å². The molecular weight excluding hydrogens is 294 g/mol. The number of carbonyl (C=O) groups is 1. The first kappa shape index (κ1) is 15.9. The maximum absolute atomic E-state index is 12.1. The van der Waals surface area contributed by atoms with Gasteiger partial charge < -0.3 is 9.84 Å². The predicted molar refractivity (Wildman–Crippen MR) is 76.1 cm³/mol. The summed E-state index contributed by atoms with van der Waals surface area (Å²) in [5.74, 6) is -0.166. The van der Waals surface area contributed by atoms with Crippen molar-refractivity contribution < 1.29 is 23.1 Å². The van der Waals surface area contributed by atoms with E-state index >= 15 is 0 Å². The lowest BCUT2D eigenvalue weighted by atomic mass is 9.83. The van der Waals surface area contributed by atoms with Gasteiger partial charge in [-0.15, -0.1) is 0 Å². The summed E-state index contributed by atoms with van der Waals surface area (Å²) in [5, 5.41) is 9.17. The number of sulfonamides is 1. The Hall–Kier alpha value is -1.44. The van der Waals surface area contributed by atoms with Gasteiger partial charge in [0.05, 0.1) is 24.5 Å². The molecule has 1 aromatic carbocycles. The molecule has 6 nitrogen and oxygen atoms in total. The van der Waals surface area contributed by atoms with Crippen molar-refractivity contribution in [2.24, 2.45) is 5.92 Å². The molecule has 2 N–H and O–H groups in total. The number of carbonyl (C=O) groups excluding carboxylic acids is 1. The summed E-state index contributed by atoms with van der Waals surface area (Å²) in [6, 6.07) is 6.13. The molecule has 0 atom stereocenters. The molecule has 0 aromatic heterocycles. The maximum Gasteiger partial charge on any atom is 0.309 e. The van der Waals surface area contributed by atoms with Gasteiger partial charge >= 0.3 is 5.97 Å². The second kappa shape index (κ2) is 6.55. The van der Waals surface area contributed by atoms with Crippen molar-refractivity contribution >= 4 is 16.0 Å². The number of ether oxygens (including phenoxy) is 1. The van der Waals surface area contributed by atoms with E-state index in [4.69, 9.17) is 0 Å². The monoisotopic (exact) mass is 313 g/mol. The van der Waals surface area contributed by atoms with E-state index in [-0.39, 0.29) is 29.3 Å². The molecule has 21 heavy (non-hydrogen) atoms. The van der Waals surface area contributed by atoms with Crippen molar-refractivity contribution in [3.63, 3.8) is 0 Å². The van der Waals surface area contributed by atoms with Gasteiger partial charge in [0.2, 0.25) is 10.0 Å². The lowest BCUT2D eigenvalue weighted by Crippen LogP contribution is -2.38. The van der Waals surface area contributed by atoms with Crippen LogP contribution in [-0.2, 0) is 26.0 Å². The zero-order chi connectivity index (χ0) is 15.5. The Kier molecular flexibility index (Phi) is 4.97. The van der Waals surface area contributed by atoms with Crippen LogP contribution in [0.15, 0.2) is 29.2 Å². The molecule has 0 saturated heterocycles. The fraction of sp³-hybridized carbons (Fsp3) is 0.500. The molecule has 2 rings (SSSR count). The number of benzene rings is 1. The number of aliphatic hydroxyl groups excluding tert-OH is 1. The minimum absolute atomic E-state index is 0.115. The number of methoxy groups -OCH3 is 1. The lowest BCUT2D eigenvalue weighted by Gasteiger charge is -2.31. The third-order valence-corrected chi connectivity index (χ3v) is 5.02. The first-order valence-corrected chi connectivity index (χ1v) is 8.22. The molecule has 0 heterocycles. The quantitative estimate of drug-likeness (QED) is 0.744. The zero-order valence-corrected chi connectivity index (χ0v) is 12.6. The minimum Gasteiger partial charge on any atom is -0.469 e. The van der Waals surface area contributed by atoms with Gasteiger partial charge in [-0.2, -0.15) is 0 Å².